The van der Waals surface area contributed by atoms with Gasteiger partial charge in [-0.2, -0.15) is 0 Å². The summed E-state index contributed by atoms with van der Waals surface area (Å²) in [5.41, 5.74) is 6.60. The molecule has 0 aliphatic carbocycles. The van der Waals surface area contributed by atoms with Crippen LogP contribution in [0.1, 0.15) is 42.1 Å². The molecule has 0 saturated carbocycles. The van der Waals surface area contributed by atoms with E-state index in [4.69, 9.17) is 5.73 Å². The summed E-state index contributed by atoms with van der Waals surface area (Å²) >= 11 is 0. The van der Waals surface area contributed by atoms with Crippen LogP contribution < -0.4 is 5.73 Å². The molecule has 0 aliphatic heterocycles. The number of carbonyl (C=O) groups is 3. The number of aryl methyl sites for hydroxylation is 1. The largest absolute Gasteiger partial charge is 0.456 e. The Hall–Kier alpha value is -2.17. The van der Waals surface area contributed by atoms with Crippen molar-refractivity contribution in [2.75, 3.05) is 6.61 Å². The van der Waals surface area contributed by atoms with Gasteiger partial charge in [0.1, 0.15) is 0 Å². The molecule has 0 fully saturated rings. The molecule has 2 N–H and O–H groups in total. The molecule has 1 amide bonds. The van der Waals surface area contributed by atoms with E-state index >= 15 is 0 Å². The number of rotatable bonds is 8. The fraction of sp³-hybridized carbons (Fsp3) is 0.400. The van der Waals surface area contributed by atoms with Crippen LogP contribution in [0.25, 0.3) is 0 Å². The third-order valence-electron chi connectivity index (χ3n) is 2.75. The molecule has 5 heteroatoms. The van der Waals surface area contributed by atoms with Gasteiger partial charge < -0.3 is 10.5 Å². The fourth-order valence-corrected chi connectivity index (χ4v) is 1.73. The van der Waals surface area contributed by atoms with Crippen LogP contribution in [0.5, 0.6) is 0 Å². The van der Waals surface area contributed by atoms with E-state index in [1.807, 2.05) is 12.1 Å². The molecule has 0 unspecified atom stereocenters. The Balaban J connectivity index is 2.42. The van der Waals surface area contributed by atoms with Gasteiger partial charge in [0.25, 0.3) is 5.91 Å². The van der Waals surface area contributed by atoms with Crippen molar-refractivity contribution in [2.45, 2.75) is 32.6 Å². The number of ketones is 1. The highest BCUT2D eigenvalue weighted by atomic mass is 16.5. The average molecular weight is 277 g/mol. The van der Waals surface area contributed by atoms with E-state index in [9.17, 15) is 14.4 Å². The van der Waals surface area contributed by atoms with Crippen molar-refractivity contribution in [3.63, 3.8) is 0 Å². The topological polar surface area (TPSA) is 86.5 Å². The second-order valence-electron chi connectivity index (χ2n) is 4.50. The maximum Gasteiger partial charge on any atom is 0.306 e. The Morgan fingerprint density at radius 1 is 1.10 bits per heavy atom. The predicted molar refractivity (Wildman–Crippen MR) is 74.2 cm³/mol. The Kier molecular flexibility index (Phi) is 6.43. The second kappa shape index (κ2) is 8.09. The first-order valence-corrected chi connectivity index (χ1v) is 6.59. The van der Waals surface area contributed by atoms with Crippen LogP contribution in [0.4, 0.5) is 0 Å². The summed E-state index contributed by atoms with van der Waals surface area (Å²) in [7, 11) is 0. The van der Waals surface area contributed by atoms with Crippen molar-refractivity contribution in [3.05, 3.63) is 35.4 Å². The van der Waals surface area contributed by atoms with Crippen LogP contribution >= 0.6 is 0 Å². The highest BCUT2D eigenvalue weighted by molar-refractivity contribution is 5.97. The quantitative estimate of drug-likeness (QED) is 0.578. The van der Waals surface area contributed by atoms with Crippen LogP contribution in [0, 0.1) is 0 Å². The molecule has 0 aromatic heterocycles. The lowest BCUT2D eigenvalue weighted by atomic mass is 10.0. The molecule has 0 heterocycles. The average Bonchev–Trinajstić information content (AvgIpc) is 2.43. The molecule has 108 valence electrons. The summed E-state index contributed by atoms with van der Waals surface area (Å²) in [5.74, 6) is -1.43. The lowest BCUT2D eigenvalue weighted by molar-refractivity contribution is -0.147. The zero-order valence-corrected chi connectivity index (χ0v) is 11.6. The molecule has 5 nitrogen and oxygen atoms in total. The molecule has 0 atom stereocenters. The van der Waals surface area contributed by atoms with Gasteiger partial charge in [-0.25, -0.2) is 0 Å². The molecule has 0 spiro atoms. The Morgan fingerprint density at radius 3 is 2.30 bits per heavy atom. The number of primary amides is 1. The standard InChI is InChI=1S/C15H19NO4/c1-2-3-11-4-6-12(7-5-11)13(17)8-9-15(19)20-10-14(16)18/h4-7H,2-3,8-10H2,1H3,(H2,16,18). The summed E-state index contributed by atoms with van der Waals surface area (Å²) in [6.07, 6.45) is 2.04. The molecule has 0 radical (unpaired) electrons. The van der Waals surface area contributed by atoms with Crippen molar-refractivity contribution in [1.82, 2.24) is 0 Å². The highest BCUT2D eigenvalue weighted by Gasteiger charge is 2.11. The van der Waals surface area contributed by atoms with Crippen LogP contribution in [0.2, 0.25) is 0 Å². The first-order chi connectivity index (χ1) is 9.52. The Labute approximate surface area is 118 Å². The number of hydrogen-bond donors (Lipinski definition) is 1. The number of hydrogen-bond acceptors (Lipinski definition) is 4. The predicted octanol–water partition coefficient (Wildman–Crippen LogP) is 1.63. The van der Waals surface area contributed by atoms with E-state index in [-0.39, 0.29) is 18.6 Å². The lowest BCUT2D eigenvalue weighted by Crippen LogP contribution is -2.21. The normalized spacial score (nSPS) is 10.1. The number of esters is 1. The van der Waals surface area contributed by atoms with Gasteiger partial charge in [0.2, 0.25) is 0 Å². The molecular formula is C15H19NO4. The molecule has 1 aromatic carbocycles. The number of amides is 1. The van der Waals surface area contributed by atoms with Crippen LogP contribution in [-0.2, 0) is 20.7 Å². The summed E-state index contributed by atoms with van der Waals surface area (Å²) in [4.78, 5) is 33.5. The van der Waals surface area contributed by atoms with Crippen LogP contribution in [0.15, 0.2) is 24.3 Å². The van der Waals surface area contributed by atoms with Crippen molar-refractivity contribution < 1.29 is 19.1 Å². The van der Waals surface area contributed by atoms with E-state index in [1.165, 1.54) is 5.56 Å². The second-order valence-corrected chi connectivity index (χ2v) is 4.50. The number of carbonyl (C=O) groups excluding carboxylic acids is 3. The Morgan fingerprint density at radius 2 is 1.75 bits per heavy atom. The van der Waals surface area contributed by atoms with E-state index in [2.05, 4.69) is 11.7 Å². The van der Waals surface area contributed by atoms with Crippen LogP contribution in [0.3, 0.4) is 0 Å². The third-order valence-corrected chi connectivity index (χ3v) is 2.75. The van der Waals surface area contributed by atoms with Gasteiger partial charge in [-0.05, 0) is 12.0 Å². The van der Waals surface area contributed by atoms with Crippen molar-refractivity contribution >= 4 is 17.7 Å². The lowest BCUT2D eigenvalue weighted by Gasteiger charge is -2.04. The first-order valence-electron chi connectivity index (χ1n) is 6.59. The van der Waals surface area contributed by atoms with Crippen LogP contribution in [-0.4, -0.2) is 24.3 Å². The van der Waals surface area contributed by atoms with Gasteiger partial charge in [0, 0.05) is 12.0 Å². The minimum absolute atomic E-state index is 0.0528. The maximum atomic E-state index is 11.9. The first kappa shape index (κ1) is 15.9. The highest BCUT2D eigenvalue weighted by Crippen LogP contribution is 2.10. The van der Waals surface area contributed by atoms with E-state index in [1.54, 1.807) is 12.1 Å². The number of ether oxygens (including phenoxy) is 1. The van der Waals surface area contributed by atoms with Crippen molar-refractivity contribution in [2.24, 2.45) is 5.73 Å². The molecular weight excluding hydrogens is 258 g/mol. The number of nitrogens with two attached hydrogens (primary N) is 1. The Bertz CT molecular complexity index is 479. The minimum Gasteiger partial charge on any atom is -0.456 e. The number of Topliss-reactive ketones (excluding diaryl/α,β-unsaturated/α-hetero) is 1. The zero-order chi connectivity index (χ0) is 15.0. The summed E-state index contributed by atoms with van der Waals surface area (Å²) in [6.45, 7) is 1.65. The molecule has 0 saturated heterocycles. The SMILES string of the molecule is CCCc1ccc(C(=O)CCC(=O)OCC(N)=O)cc1. The fourth-order valence-electron chi connectivity index (χ4n) is 1.73. The van der Waals surface area contributed by atoms with E-state index < -0.39 is 18.5 Å². The minimum atomic E-state index is -0.712. The molecule has 0 aliphatic rings. The maximum absolute atomic E-state index is 11.9. The third kappa shape index (κ3) is 5.65. The summed E-state index contributed by atoms with van der Waals surface area (Å²) in [5, 5.41) is 0. The van der Waals surface area contributed by atoms with Gasteiger partial charge in [-0.3, -0.25) is 14.4 Å². The van der Waals surface area contributed by atoms with Gasteiger partial charge in [0.15, 0.2) is 12.4 Å². The number of benzene rings is 1. The van der Waals surface area contributed by atoms with Gasteiger partial charge in [0.05, 0.1) is 6.42 Å². The van der Waals surface area contributed by atoms with Gasteiger partial charge in [-0.15, -0.1) is 0 Å². The summed E-state index contributed by atoms with van der Waals surface area (Å²) in [6, 6.07) is 7.37. The van der Waals surface area contributed by atoms with E-state index in [0.29, 0.717) is 5.56 Å². The molecule has 1 aromatic rings. The zero-order valence-electron chi connectivity index (χ0n) is 11.6. The molecule has 20 heavy (non-hydrogen) atoms. The summed E-state index contributed by atoms with van der Waals surface area (Å²) < 4.78 is 4.58. The van der Waals surface area contributed by atoms with Gasteiger partial charge in [-0.1, -0.05) is 37.6 Å². The van der Waals surface area contributed by atoms with Gasteiger partial charge >= 0.3 is 5.97 Å². The van der Waals surface area contributed by atoms with E-state index in [0.717, 1.165) is 12.8 Å². The molecule has 0 bridgehead atoms. The van der Waals surface area contributed by atoms with Crippen molar-refractivity contribution in [1.29, 1.82) is 0 Å². The van der Waals surface area contributed by atoms with Crippen molar-refractivity contribution in [3.8, 4) is 0 Å². The monoisotopic (exact) mass is 277 g/mol. The smallest absolute Gasteiger partial charge is 0.306 e. The molecule has 1 rings (SSSR count).